The Labute approximate surface area is 183 Å². The molecule has 32 heavy (non-hydrogen) atoms. The maximum atomic E-state index is 13.1. The van der Waals surface area contributed by atoms with Gasteiger partial charge < -0.3 is 10.1 Å². The number of nitrogens with one attached hydrogen (secondary N) is 1. The zero-order valence-corrected chi connectivity index (χ0v) is 17.4. The third kappa shape index (κ3) is 5.46. The summed E-state index contributed by atoms with van der Waals surface area (Å²) in [5.41, 5.74) is -2.01. The fraction of sp³-hybridized carbons (Fsp3) is 0.500. The van der Waals surface area contributed by atoms with Crippen LogP contribution in [0.25, 0.3) is 0 Å². The van der Waals surface area contributed by atoms with Crippen molar-refractivity contribution in [1.82, 2.24) is 5.32 Å². The molecule has 2 fully saturated rings. The van der Waals surface area contributed by atoms with Crippen molar-refractivity contribution in [1.29, 1.82) is 0 Å². The van der Waals surface area contributed by atoms with Crippen LogP contribution in [0.5, 0.6) is 0 Å². The predicted octanol–water partition coefficient (Wildman–Crippen LogP) is 6.48. The number of ether oxygens (including phenoxy) is 1. The van der Waals surface area contributed by atoms with Gasteiger partial charge in [-0.05, 0) is 61.4 Å². The first-order valence-corrected chi connectivity index (χ1v) is 10.7. The van der Waals surface area contributed by atoms with Crippen molar-refractivity contribution >= 4 is 0 Å². The van der Waals surface area contributed by atoms with E-state index in [9.17, 15) is 26.3 Å². The number of rotatable bonds is 7. The van der Waals surface area contributed by atoms with E-state index in [2.05, 4.69) is 5.32 Å². The Hall–Kier alpha value is -2.06. The molecule has 0 radical (unpaired) electrons. The van der Waals surface area contributed by atoms with Crippen LogP contribution < -0.4 is 5.32 Å². The standard InChI is InChI=1S/C24H25F6NO/c25-23(26,27)18-10-16(11-19(12-18)24(28,29)30)14-32-15-22(17-4-2-1-3-5-17)9-8-21(13-22)31-20-6-7-20/h1-5,10-12,20-21,31H,6-9,13-15H2. The number of benzene rings is 2. The molecule has 2 aromatic carbocycles. The zero-order valence-electron chi connectivity index (χ0n) is 17.4. The summed E-state index contributed by atoms with van der Waals surface area (Å²) in [6.45, 7) is -0.0836. The van der Waals surface area contributed by atoms with Crippen LogP contribution in [-0.2, 0) is 29.1 Å². The Bertz CT molecular complexity index is 890. The molecule has 0 bridgehead atoms. The topological polar surface area (TPSA) is 21.3 Å². The highest BCUT2D eigenvalue weighted by Gasteiger charge is 2.42. The van der Waals surface area contributed by atoms with E-state index in [1.807, 2.05) is 30.3 Å². The van der Waals surface area contributed by atoms with Crippen LogP contribution in [0, 0.1) is 0 Å². The Kier molecular flexibility index (Phi) is 6.29. The number of hydrogen-bond acceptors (Lipinski definition) is 2. The van der Waals surface area contributed by atoms with E-state index in [0.29, 0.717) is 12.1 Å². The van der Waals surface area contributed by atoms with Crippen LogP contribution in [0.15, 0.2) is 48.5 Å². The fourth-order valence-electron chi connectivity index (χ4n) is 4.59. The molecule has 2 aliphatic carbocycles. The van der Waals surface area contributed by atoms with Crippen LogP contribution in [0.1, 0.15) is 54.4 Å². The smallest absolute Gasteiger partial charge is 0.376 e. The molecular weight excluding hydrogens is 432 g/mol. The van der Waals surface area contributed by atoms with Gasteiger partial charge in [0, 0.05) is 17.5 Å². The zero-order chi connectivity index (χ0) is 23.0. The van der Waals surface area contributed by atoms with Crippen molar-refractivity contribution in [3.63, 3.8) is 0 Å². The van der Waals surface area contributed by atoms with Gasteiger partial charge in [0.05, 0.1) is 24.3 Å². The SMILES string of the molecule is FC(F)(F)c1cc(COCC2(c3ccccc3)CCC(NC3CC3)C2)cc(C(F)(F)F)c1. The van der Waals surface area contributed by atoms with Crippen molar-refractivity contribution in [3.05, 3.63) is 70.8 Å². The van der Waals surface area contributed by atoms with Gasteiger partial charge in [-0.25, -0.2) is 0 Å². The molecule has 8 heteroatoms. The third-order valence-corrected chi connectivity index (χ3v) is 6.34. The molecule has 0 spiro atoms. The second-order valence-electron chi connectivity index (χ2n) is 8.93. The quantitative estimate of drug-likeness (QED) is 0.481. The minimum absolute atomic E-state index is 0.138. The Morgan fingerprint density at radius 2 is 1.47 bits per heavy atom. The maximum absolute atomic E-state index is 13.1. The molecule has 1 N–H and O–H groups in total. The van der Waals surface area contributed by atoms with Crippen molar-refractivity contribution < 1.29 is 31.1 Å². The summed E-state index contributed by atoms with van der Waals surface area (Å²) in [4.78, 5) is 0. The number of alkyl halides is 6. The molecule has 0 saturated heterocycles. The summed E-state index contributed by atoms with van der Waals surface area (Å²) >= 11 is 0. The van der Waals surface area contributed by atoms with Gasteiger partial charge in [-0.3, -0.25) is 0 Å². The first kappa shape index (κ1) is 23.1. The predicted molar refractivity (Wildman–Crippen MR) is 108 cm³/mol. The van der Waals surface area contributed by atoms with Crippen molar-refractivity contribution in [2.24, 2.45) is 0 Å². The molecule has 2 nitrogen and oxygen atoms in total. The van der Waals surface area contributed by atoms with Crippen LogP contribution in [0.2, 0.25) is 0 Å². The van der Waals surface area contributed by atoms with Gasteiger partial charge in [0.15, 0.2) is 0 Å². The summed E-state index contributed by atoms with van der Waals surface area (Å²) in [5.74, 6) is 0. The lowest BCUT2D eigenvalue weighted by atomic mass is 9.79. The van der Waals surface area contributed by atoms with Crippen molar-refractivity contribution in [2.75, 3.05) is 6.61 Å². The van der Waals surface area contributed by atoms with Gasteiger partial charge in [-0.1, -0.05) is 30.3 Å². The first-order chi connectivity index (χ1) is 15.1. The number of halogens is 6. The van der Waals surface area contributed by atoms with Gasteiger partial charge in [-0.2, -0.15) is 26.3 Å². The summed E-state index contributed by atoms with van der Waals surface area (Å²) in [5, 5.41) is 3.63. The summed E-state index contributed by atoms with van der Waals surface area (Å²) < 4.78 is 84.5. The van der Waals surface area contributed by atoms with Crippen LogP contribution >= 0.6 is 0 Å². The Balaban J connectivity index is 1.51. The van der Waals surface area contributed by atoms with Crippen LogP contribution in [0.3, 0.4) is 0 Å². The Morgan fingerprint density at radius 3 is 2.03 bits per heavy atom. The van der Waals surface area contributed by atoms with Crippen molar-refractivity contribution in [2.45, 2.75) is 68.6 Å². The van der Waals surface area contributed by atoms with Gasteiger partial charge in [0.2, 0.25) is 0 Å². The average Bonchev–Trinajstić information content (AvgIpc) is 3.45. The fourth-order valence-corrected chi connectivity index (χ4v) is 4.59. The Morgan fingerprint density at radius 1 is 0.844 bits per heavy atom. The minimum Gasteiger partial charge on any atom is -0.376 e. The molecule has 2 aromatic rings. The highest BCUT2D eigenvalue weighted by atomic mass is 19.4. The van der Waals surface area contributed by atoms with E-state index in [0.717, 1.165) is 37.0 Å². The second-order valence-corrected chi connectivity index (χ2v) is 8.93. The molecule has 0 aromatic heterocycles. The monoisotopic (exact) mass is 457 g/mol. The van der Waals surface area contributed by atoms with Crippen molar-refractivity contribution in [3.8, 4) is 0 Å². The molecule has 4 rings (SSSR count). The van der Waals surface area contributed by atoms with Crippen LogP contribution in [0.4, 0.5) is 26.3 Å². The van der Waals surface area contributed by atoms with E-state index in [4.69, 9.17) is 4.74 Å². The summed E-state index contributed by atoms with van der Waals surface area (Å²) in [7, 11) is 0. The van der Waals surface area contributed by atoms with Gasteiger partial charge in [0.1, 0.15) is 0 Å². The molecular formula is C24H25F6NO. The van der Waals surface area contributed by atoms with Gasteiger partial charge >= 0.3 is 12.4 Å². The summed E-state index contributed by atoms with van der Waals surface area (Å²) in [6.07, 6.45) is -4.77. The highest BCUT2D eigenvalue weighted by molar-refractivity contribution is 5.33. The molecule has 2 atom stereocenters. The molecule has 2 saturated carbocycles. The highest BCUT2D eigenvalue weighted by Crippen LogP contribution is 2.43. The lowest BCUT2D eigenvalue weighted by molar-refractivity contribution is -0.143. The third-order valence-electron chi connectivity index (χ3n) is 6.34. The van der Waals surface area contributed by atoms with Gasteiger partial charge in [0.25, 0.3) is 0 Å². The maximum Gasteiger partial charge on any atom is 0.416 e. The first-order valence-electron chi connectivity index (χ1n) is 10.7. The molecule has 0 amide bonds. The second kappa shape index (κ2) is 8.71. The molecule has 0 heterocycles. The molecule has 174 valence electrons. The van der Waals surface area contributed by atoms with E-state index in [1.54, 1.807) is 0 Å². The van der Waals surface area contributed by atoms with Crippen LogP contribution in [-0.4, -0.2) is 18.7 Å². The minimum atomic E-state index is -4.87. The molecule has 2 unspecified atom stereocenters. The summed E-state index contributed by atoms with van der Waals surface area (Å²) in [6, 6.07) is 12.3. The number of hydrogen-bond donors (Lipinski definition) is 1. The van der Waals surface area contributed by atoms with E-state index in [1.165, 1.54) is 12.8 Å². The molecule has 2 aliphatic rings. The van der Waals surface area contributed by atoms with E-state index < -0.39 is 23.5 Å². The lowest BCUT2D eigenvalue weighted by Crippen LogP contribution is -2.34. The van der Waals surface area contributed by atoms with E-state index >= 15 is 0 Å². The largest absolute Gasteiger partial charge is 0.416 e. The van der Waals surface area contributed by atoms with Gasteiger partial charge in [-0.15, -0.1) is 0 Å². The molecule has 0 aliphatic heterocycles. The normalized spacial score (nSPS) is 24.1. The van der Waals surface area contributed by atoms with E-state index in [-0.39, 0.29) is 30.3 Å². The lowest BCUT2D eigenvalue weighted by Gasteiger charge is -2.30. The average molecular weight is 457 g/mol.